The number of hydrogen-bond donors (Lipinski definition) is 1. The summed E-state index contributed by atoms with van der Waals surface area (Å²) in [6.07, 6.45) is 5.22. The minimum absolute atomic E-state index is 0.109. The predicted molar refractivity (Wildman–Crippen MR) is 109 cm³/mol. The van der Waals surface area contributed by atoms with E-state index >= 15 is 0 Å². The van der Waals surface area contributed by atoms with E-state index in [1.807, 2.05) is 25.1 Å². The van der Waals surface area contributed by atoms with Gasteiger partial charge in [0, 0.05) is 24.8 Å². The number of rotatable bonds is 9. The molecular weight excluding hydrogens is 340 g/mol. The first kappa shape index (κ1) is 19.1. The number of esters is 1. The SMILES string of the molecule is CCCc1nc2c(N)nc3ccccc3c2n1CCCCCC(=O)OCC. The summed E-state index contributed by atoms with van der Waals surface area (Å²) in [7, 11) is 0. The summed E-state index contributed by atoms with van der Waals surface area (Å²) in [5, 5.41) is 1.09. The van der Waals surface area contributed by atoms with Gasteiger partial charge in [0.2, 0.25) is 0 Å². The minimum atomic E-state index is -0.109. The van der Waals surface area contributed by atoms with E-state index in [1.54, 1.807) is 0 Å². The summed E-state index contributed by atoms with van der Waals surface area (Å²) in [5.41, 5.74) is 8.97. The summed E-state index contributed by atoms with van der Waals surface area (Å²) in [6, 6.07) is 8.07. The van der Waals surface area contributed by atoms with Gasteiger partial charge in [0.1, 0.15) is 11.3 Å². The number of benzene rings is 1. The van der Waals surface area contributed by atoms with E-state index in [2.05, 4.69) is 22.5 Å². The maximum absolute atomic E-state index is 11.5. The van der Waals surface area contributed by atoms with Crippen molar-refractivity contribution < 1.29 is 9.53 Å². The molecule has 0 saturated heterocycles. The molecule has 0 aliphatic carbocycles. The number of para-hydroxylation sites is 1. The van der Waals surface area contributed by atoms with E-state index in [-0.39, 0.29) is 5.97 Å². The van der Waals surface area contributed by atoms with Crippen molar-refractivity contribution in [1.29, 1.82) is 0 Å². The first-order valence-corrected chi connectivity index (χ1v) is 9.84. The van der Waals surface area contributed by atoms with Crippen molar-refractivity contribution in [2.45, 2.75) is 58.9 Å². The summed E-state index contributed by atoms with van der Waals surface area (Å²) in [4.78, 5) is 20.8. The zero-order valence-corrected chi connectivity index (χ0v) is 16.2. The zero-order chi connectivity index (χ0) is 19.2. The van der Waals surface area contributed by atoms with Crippen LogP contribution < -0.4 is 5.73 Å². The number of anilines is 1. The Balaban J connectivity index is 1.84. The lowest BCUT2D eigenvalue weighted by atomic mass is 10.1. The molecule has 27 heavy (non-hydrogen) atoms. The van der Waals surface area contributed by atoms with Crippen LogP contribution in [0.3, 0.4) is 0 Å². The third-order valence-electron chi connectivity index (χ3n) is 4.73. The van der Waals surface area contributed by atoms with Crippen molar-refractivity contribution in [3.8, 4) is 0 Å². The second-order valence-electron chi connectivity index (χ2n) is 6.76. The maximum atomic E-state index is 11.5. The van der Waals surface area contributed by atoms with Gasteiger partial charge in [-0.25, -0.2) is 9.97 Å². The van der Waals surface area contributed by atoms with Crippen LogP contribution in [0.2, 0.25) is 0 Å². The number of carbonyl (C=O) groups is 1. The van der Waals surface area contributed by atoms with E-state index in [0.717, 1.165) is 66.4 Å². The standard InChI is InChI=1S/C21H28N4O2/c1-3-10-17-24-19-20(15-11-7-8-12-16(15)23-21(19)22)25(17)14-9-5-6-13-18(26)27-4-2/h7-8,11-12H,3-6,9-10,13-14H2,1-2H3,(H2,22,23). The average Bonchev–Trinajstić information content (AvgIpc) is 3.01. The van der Waals surface area contributed by atoms with Gasteiger partial charge in [-0.1, -0.05) is 31.5 Å². The highest BCUT2D eigenvalue weighted by Gasteiger charge is 2.16. The van der Waals surface area contributed by atoms with Gasteiger partial charge < -0.3 is 15.0 Å². The fraction of sp³-hybridized carbons (Fsp3) is 0.476. The Morgan fingerprint density at radius 2 is 1.96 bits per heavy atom. The van der Waals surface area contributed by atoms with Gasteiger partial charge in [-0.15, -0.1) is 0 Å². The number of hydrogen-bond acceptors (Lipinski definition) is 5. The van der Waals surface area contributed by atoms with E-state index in [4.69, 9.17) is 15.5 Å². The van der Waals surface area contributed by atoms with Crippen LogP contribution in [-0.4, -0.2) is 27.1 Å². The number of ether oxygens (including phenoxy) is 1. The van der Waals surface area contributed by atoms with Gasteiger partial charge in [0.15, 0.2) is 5.82 Å². The number of nitrogen functional groups attached to an aromatic ring is 1. The number of nitrogens with zero attached hydrogens (tertiary/aromatic N) is 3. The van der Waals surface area contributed by atoms with E-state index < -0.39 is 0 Å². The molecule has 0 radical (unpaired) electrons. The molecule has 6 heteroatoms. The van der Waals surface area contributed by atoms with Crippen LogP contribution in [0.25, 0.3) is 21.9 Å². The Morgan fingerprint density at radius 3 is 2.74 bits per heavy atom. The van der Waals surface area contributed by atoms with Gasteiger partial charge in [0.25, 0.3) is 0 Å². The van der Waals surface area contributed by atoms with Crippen LogP contribution in [-0.2, 0) is 22.5 Å². The molecular formula is C21H28N4O2. The number of unbranched alkanes of at least 4 members (excludes halogenated alkanes) is 2. The van der Waals surface area contributed by atoms with Crippen LogP contribution >= 0.6 is 0 Å². The first-order valence-electron chi connectivity index (χ1n) is 9.84. The quantitative estimate of drug-likeness (QED) is 0.451. The molecule has 144 valence electrons. The van der Waals surface area contributed by atoms with Crippen LogP contribution in [0.4, 0.5) is 5.82 Å². The predicted octanol–water partition coefficient (Wildman–Crippen LogP) is 4.24. The molecule has 0 amide bonds. The van der Waals surface area contributed by atoms with Crippen molar-refractivity contribution in [1.82, 2.24) is 14.5 Å². The first-order chi connectivity index (χ1) is 13.2. The normalized spacial score (nSPS) is 11.3. The highest BCUT2D eigenvalue weighted by Crippen LogP contribution is 2.29. The topological polar surface area (TPSA) is 83.0 Å². The Hall–Kier alpha value is -2.63. The largest absolute Gasteiger partial charge is 0.466 e. The van der Waals surface area contributed by atoms with Crippen molar-refractivity contribution in [2.75, 3.05) is 12.3 Å². The second-order valence-corrected chi connectivity index (χ2v) is 6.76. The molecule has 2 heterocycles. The molecule has 3 rings (SSSR count). The lowest BCUT2D eigenvalue weighted by Crippen LogP contribution is -2.06. The lowest BCUT2D eigenvalue weighted by molar-refractivity contribution is -0.143. The molecule has 0 aliphatic rings. The van der Waals surface area contributed by atoms with Crippen LogP contribution in [0.15, 0.2) is 24.3 Å². The number of carbonyl (C=O) groups excluding carboxylic acids is 1. The van der Waals surface area contributed by atoms with Gasteiger partial charge in [-0.3, -0.25) is 4.79 Å². The molecule has 0 spiro atoms. The smallest absolute Gasteiger partial charge is 0.305 e. The maximum Gasteiger partial charge on any atom is 0.305 e. The number of imidazole rings is 1. The number of fused-ring (bicyclic) bond motifs is 3. The summed E-state index contributed by atoms with van der Waals surface area (Å²) in [6.45, 7) is 5.30. The third kappa shape index (κ3) is 4.21. The van der Waals surface area contributed by atoms with E-state index in [0.29, 0.717) is 18.8 Å². The Bertz CT molecular complexity index is 933. The Labute approximate surface area is 159 Å². The number of aryl methyl sites for hydroxylation is 2. The third-order valence-corrected chi connectivity index (χ3v) is 4.73. The van der Waals surface area contributed by atoms with Gasteiger partial charge in [-0.2, -0.15) is 0 Å². The Morgan fingerprint density at radius 1 is 1.15 bits per heavy atom. The lowest BCUT2D eigenvalue weighted by Gasteiger charge is -2.10. The molecule has 0 atom stereocenters. The minimum Gasteiger partial charge on any atom is -0.466 e. The summed E-state index contributed by atoms with van der Waals surface area (Å²) < 4.78 is 7.28. The van der Waals surface area contributed by atoms with E-state index in [1.165, 1.54) is 0 Å². The molecule has 0 bridgehead atoms. The molecule has 6 nitrogen and oxygen atoms in total. The molecule has 0 unspecified atom stereocenters. The fourth-order valence-corrected chi connectivity index (χ4v) is 3.51. The molecule has 2 N–H and O–H groups in total. The number of aromatic nitrogens is 3. The van der Waals surface area contributed by atoms with E-state index in [9.17, 15) is 4.79 Å². The van der Waals surface area contributed by atoms with Crippen molar-refractivity contribution in [2.24, 2.45) is 0 Å². The van der Waals surface area contributed by atoms with Crippen LogP contribution in [0.5, 0.6) is 0 Å². The monoisotopic (exact) mass is 368 g/mol. The van der Waals surface area contributed by atoms with Gasteiger partial charge in [-0.05, 0) is 32.3 Å². The van der Waals surface area contributed by atoms with Crippen molar-refractivity contribution >= 4 is 33.7 Å². The Kier molecular flexibility index (Phi) is 6.27. The zero-order valence-electron chi connectivity index (χ0n) is 16.2. The highest BCUT2D eigenvalue weighted by molar-refractivity contribution is 6.06. The molecule has 0 fully saturated rings. The van der Waals surface area contributed by atoms with Crippen LogP contribution in [0.1, 0.15) is 51.8 Å². The number of nitrogens with two attached hydrogens (primary N) is 1. The average molecular weight is 368 g/mol. The molecule has 0 saturated carbocycles. The van der Waals surface area contributed by atoms with Crippen molar-refractivity contribution in [3.63, 3.8) is 0 Å². The van der Waals surface area contributed by atoms with Gasteiger partial charge >= 0.3 is 5.97 Å². The van der Waals surface area contributed by atoms with Crippen LogP contribution in [0, 0.1) is 0 Å². The van der Waals surface area contributed by atoms with Crippen molar-refractivity contribution in [3.05, 3.63) is 30.1 Å². The second kappa shape index (κ2) is 8.84. The highest BCUT2D eigenvalue weighted by atomic mass is 16.5. The fourth-order valence-electron chi connectivity index (χ4n) is 3.51. The molecule has 0 aliphatic heterocycles. The number of pyridine rings is 1. The molecule has 1 aromatic carbocycles. The molecule has 2 aromatic heterocycles. The summed E-state index contributed by atoms with van der Waals surface area (Å²) in [5.74, 6) is 1.44. The van der Waals surface area contributed by atoms with Gasteiger partial charge in [0.05, 0.1) is 17.6 Å². The summed E-state index contributed by atoms with van der Waals surface area (Å²) >= 11 is 0. The molecule has 3 aromatic rings.